The van der Waals surface area contributed by atoms with Crippen LogP contribution in [0.15, 0.2) is 23.8 Å². The molecule has 0 rings (SSSR count). The maximum absolute atomic E-state index is 11.2. The highest BCUT2D eigenvalue weighted by atomic mass is 16.1. The third-order valence-electron chi connectivity index (χ3n) is 2.86. The monoisotopic (exact) mass is 236 g/mol. The van der Waals surface area contributed by atoms with E-state index in [0.717, 1.165) is 12.0 Å². The Bertz CT molecular complexity index is 333. The van der Waals surface area contributed by atoms with Gasteiger partial charge >= 0.3 is 0 Å². The average molecular weight is 236 g/mol. The molecule has 0 atom stereocenters. The molecule has 0 saturated carbocycles. The Morgan fingerprint density at radius 3 is 2.12 bits per heavy atom. The number of Topliss-reactive ketones (excluding diaryl/α,β-unsaturated/α-hetero) is 1. The first kappa shape index (κ1) is 15.8. The van der Waals surface area contributed by atoms with Crippen molar-refractivity contribution in [2.75, 3.05) is 0 Å². The van der Waals surface area contributed by atoms with Gasteiger partial charge in [0.15, 0.2) is 5.78 Å². The Hall–Kier alpha value is -1.18. The highest BCUT2D eigenvalue weighted by Crippen LogP contribution is 2.30. The van der Waals surface area contributed by atoms with Crippen LogP contribution in [0.2, 0.25) is 0 Å². The normalized spacial score (nSPS) is 13.1. The second kappa shape index (κ2) is 7.21. The molecule has 2 nitrogen and oxygen atoms in total. The number of carbonyl (C=O) groups is 2. The van der Waals surface area contributed by atoms with Crippen molar-refractivity contribution >= 4 is 11.6 Å². The molecule has 0 bridgehead atoms. The summed E-state index contributed by atoms with van der Waals surface area (Å²) in [5.41, 5.74) is 0.944. The molecule has 0 heterocycles. The maximum atomic E-state index is 11.2. The number of rotatable bonds is 7. The van der Waals surface area contributed by atoms with Gasteiger partial charge in [-0.1, -0.05) is 45.4 Å². The minimum absolute atomic E-state index is 0.0768. The van der Waals surface area contributed by atoms with Gasteiger partial charge in [-0.15, -0.1) is 0 Å². The second-order valence-corrected chi connectivity index (χ2v) is 4.85. The standard InChI is InChI=1S/C15H24O2/c1-6-13(11-12(3)16)15(4,5)10-8-9-14(17)7-2/h8,10-11H,6-7,9H2,1-5H3. The number of carbonyl (C=O) groups excluding carboxylic acids is 2. The van der Waals surface area contributed by atoms with Crippen LogP contribution >= 0.6 is 0 Å². The zero-order valence-electron chi connectivity index (χ0n) is 11.7. The average Bonchev–Trinajstić information content (AvgIpc) is 2.24. The van der Waals surface area contributed by atoms with Crippen LogP contribution in [-0.4, -0.2) is 11.6 Å². The van der Waals surface area contributed by atoms with Crippen LogP contribution in [0.4, 0.5) is 0 Å². The van der Waals surface area contributed by atoms with E-state index in [4.69, 9.17) is 0 Å². The Kier molecular flexibility index (Phi) is 6.71. The number of hydrogen-bond acceptors (Lipinski definition) is 2. The lowest BCUT2D eigenvalue weighted by molar-refractivity contribution is -0.118. The van der Waals surface area contributed by atoms with Crippen molar-refractivity contribution in [1.82, 2.24) is 0 Å². The van der Waals surface area contributed by atoms with E-state index in [1.807, 2.05) is 26.0 Å². The highest BCUT2D eigenvalue weighted by molar-refractivity contribution is 5.88. The van der Waals surface area contributed by atoms with Gasteiger partial charge in [-0.2, -0.15) is 0 Å². The summed E-state index contributed by atoms with van der Waals surface area (Å²) in [5.74, 6) is 0.318. The molecule has 96 valence electrons. The topological polar surface area (TPSA) is 34.1 Å². The third-order valence-corrected chi connectivity index (χ3v) is 2.86. The zero-order valence-corrected chi connectivity index (χ0v) is 11.7. The molecule has 0 aliphatic heterocycles. The zero-order chi connectivity index (χ0) is 13.5. The molecule has 0 aromatic rings. The molecule has 0 spiro atoms. The van der Waals surface area contributed by atoms with E-state index < -0.39 is 0 Å². The maximum Gasteiger partial charge on any atom is 0.152 e. The van der Waals surface area contributed by atoms with E-state index in [2.05, 4.69) is 13.8 Å². The third kappa shape index (κ3) is 6.20. The van der Waals surface area contributed by atoms with Crippen molar-refractivity contribution < 1.29 is 9.59 Å². The van der Waals surface area contributed by atoms with Crippen molar-refractivity contribution in [2.24, 2.45) is 5.41 Å². The van der Waals surface area contributed by atoms with Crippen molar-refractivity contribution in [1.29, 1.82) is 0 Å². The summed E-state index contributed by atoms with van der Waals surface area (Å²) in [7, 11) is 0. The fourth-order valence-corrected chi connectivity index (χ4v) is 1.73. The number of hydrogen-bond donors (Lipinski definition) is 0. The Balaban J connectivity index is 4.75. The van der Waals surface area contributed by atoms with Crippen LogP contribution in [0.1, 0.15) is 53.9 Å². The van der Waals surface area contributed by atoms with Gasteiger partial charge in [-0.05, 0) is 19.4 Å². The summed E-state index contributed by atoms with van der Waals surface area (Å²) < 4.78 is 0. The molecule has 0 amide bonds. The van der Waals surface area contributed by atoms with Crippen molar-refractivity contribution in [3.63, 3.8) is 0 Å². The van der Waals surface area contributed by atoms with Crippen LogP contribution in [-0.2, 0) is 9.59 Å². The van der Waals surface area contributed by atoms with E-state index in [-0.39, 0.29) is 17.0 Å². The van der Waals surface area contributed by atoms with Gasteiger partial charge in [0.25, 0.3) is 0 Å². The largest absolute Gasteiger partial charge is 0.299 e. The highest BCUT2D eigenvalue weighted by Gasteiger charge is 2.18. The summed E-state index contributed by atoms with van der Waals surface area (Å²) in [5, 5.41) is 0. The van der Waals surface area contributed by atoms with E-state index in [9.17, 15) is 9.59 Å². The molecular weight excluding hydrogens is 212 g/mol. The van der Waals surface area contributed by atoms with Gasteiger partial charge in [0.05, 0.1) is 0 Å². The van der Waals surface area contributed by atoms with Gasteiger partial charge in [0.2, 0.25) is 0 Å². The molecule has 0 unspecified atom stereocenters. The van der Waals surface area contributed by atoms with Gasteiger partial charge in [0, 0.05) is 18.3 Å². The fourth-order valence-electron chi connectivity index (χ4n) is 1.73. The van der Waals surface area contributed by atoms with Crippen LogP contribution < -0.4 is 0 Å². The second-order valence-electron chi connectivity index (χ2n) is 4.85. The smallest absolute Gasteiger partial charge is 0.152 e. The van der Waals surface area contributed by atoms with Gasteiger partial charge in [0.1, 0.15) is 5.78 Å². The van der Waals surface area contributed by atoms with E-state index in [1.165, 1.54) is 0 Å². The first-order valence-corrected chi connectivity index (χ1v) is 6.24. The molecule has 17 heavy (non-hydrogen) atoms. The molecular formula is C15H24O2. The van der Waals surface area contributed by atoms with Crippen LogP contribution in [0.25, 0.3) is 0 Å². The minimum Gasteiger partial charge on any atom is -0.299 e. The summed E-state index contributed by atoms with van der Waals surface area (Å²) >= 11 is 0. The predicted molar refractivity (Wildman–Crippen MR) is 71.9 cm³/mol. The van der Waals surface area contributed by atoms with Crippen LogP contribution in [0.5, 0.6) is 0 Å². The van der Waals surface area contributed by atoms with E-state index in [1.54, 1.807) is 13.0 Å². The lowest BCUT2D eigenvalue weighted by Gasteiger charge is -2.23. The van der Waals surface area contributed by atoms with Crippen LogP contribution in [0.3, 0.4) is 0 Å². The predicted octanol–water partition coefficient (Wildman–Crippen LogP) is 3.86. The molecule has 0 aliphatic carbocycles. The first-order chi connectivity index (χ1) is 7.83. The van der Waals surface area contributed by atoms with Crippen molar-refractivity contribution in [2.45, 2.75) is 53.9 Å². The summed E-state index contributed by atoms with van der Waals surface area (Å²) in [6.07, 6.45) is 7.55. The quantitative estimate of drug-likeness (QED) is 0.497. The Morgan fingerprint density at radius 1 is 1.12 bits per heavy atom. The van der Waals surface area contributed by atoms with Crippen molar-refractivity contribution in [3.05, 3.63) is 23.8 Å². The van der Waals surface area contributed by atoms with Gasteiger partial charge < -0.3 is 0 Å². The summed E-state index contributed by atoms with van der Waals surface area (Å²) in [4.78, 5) is 22.3. The van der Waals surface area contributed by atoms with Gasteiger partial charge in [-0.3, -0.25) is 9.59 Å². The molecule has 0 saturated heterocycles. The lowest BCUT2D eigenvalue weighted by Crippen LogP contribution is -2.12. The molecule has 0 N–H and O–H groups in total. The molecule has 0 aliphatic rings. The van der Waals surface area contributed by atoms with E-state index in [0.29, 0.717) is 12.8 Å². The molecule has 0 aromatic carbocycles. The summed E-state index contributed by atoms with van der Waals surface area (Å²) in [6, 6.07) is 0. The first-order valence-electron chi connectivity index (χ1n) is 6.24. The molecule has 0 radical (unpaired) electrons. The van der Waals surface area contributed by atoms with Gasteiger partial charge in [-0.25, -0.2) is 0 Å². The summed E-state index contributed by atoms with van der Waals surface area (Å²) in [6.45, 7) is 9.61. The fraction of sp³-hybridized carbons (Fsp3) is 0.600. The number of ketones is 2. The lowest BCUT2D eigenvalue weighted by atomic mass is 9.81. The minimum atomic E-state index is -0.158. The molecule has 0 aromatic heterocycles. The number of allylic oxidation sites excluding steroid dienone is 4. The molecule has 0 fully saturated rings. The van der Waals surface area contributed by atoms with E-state index >= 15 is 0 Å². The SMILES string of the molecule is CCC(=O)CC=CC(C)(C)C(=CC(C)=O)CC. The van der Waals surface area contributed by atoms with Crippen LogP contribution in [0, 0.1) is 5.41 Å². The molecule has 2 heteroatoms. The Labute approximate surface area is 105 Å². The van der Waals surface area contributed by atoms with Crippen molar-refractivity contribution in [3.8, 4) is 0 Å². The Morgan fingerprint density at radius 2 is 1.71 bits per heavy atom.